The van der Waals surface area contributed by atoms with Crippen molar-refractivity contribution in [3.8, 4) is 0 Å². The number of hydrogen-bond acceptors (Lipinski definition) is 3. The highest BCUT2D eigenvalue weighted by molar-refractivity contribution is 5.83. The van der Waals surface area contributed by atoms with E-state index in [1.165, 1.54) is 29.3 Å². The monoisotopic (exact) mass is 380 g/mol. The number of nitrogens with zero attached hydrogens (tertiary/aromatic N) is 3. The van der Waals surface area contributed by atoms with Crippen LogP contribution >= 0.6 is 0 Å². The summed E-state index contributed by atoms with van der Waals surface area (Å²) in [4.78, 5) is 9.94. The molecule has 2 fully saturated rings. The average Bonchev–Trinajstić information content (AvgIpc) is 3.20. The highest BCUT2D eigenvalue weighted by Gasteiger charge is 2.27. The van der Waals surface area contributed by atoms with Gasteiger partial charge in [0, 0.05) is 39.3 Å². The van der Waals surface area contributed by atoms with Crippen LogP contribution in [0.4, 0.5) is 0 Å². The van der Waals surface area contributed by atoms with Crippen LogP contribution in [0.3, 0.4) is 0 Å². The Morgan fingerprint density at radius 1 is 1.11 bits per heavy atom. The molecule has 0 saturated carbocycles. The number of hydrogen-bond donors (Lipinski definition) is 1. The molecule has 2 aromatic carbocycles. The standard InChI is InChI=1S/C23H32N4O/c1-2-24-23(25-16-19-7-8-21-5-3-4-6-22(21)15-19)27-10-9-20(18-27)17-26-11-13-28-14-12-26/h3-8,15,20H,2,9-14,16-18H2,1H3,(H,24,25). The Morgan fingerprint density at radius 2 is 1.93 bits per heavy atom. The normalized spacial score (nSPS) is 21.4. The summed E-state index contributed by atoms with van der Waals surface area (Å²) in [5.74, 6) is 1.78. The SMILES string of the molecule is CCNC(=NCc1ccc2ccccc2c1)N1CCC(CN2CCOCC2)C1. The van der Waals surface area contributed by atoms with E-state index in [0.29, 0.717) is 0 Å². The van der Waals surface area contributed by atoms with Crippen LogP contribution in [-0.2, 0) is 11.3 Å². The summed E-state index contributed by atoms with van der Waals surface area (Å²) in [5, 5.41) is 6.07. The van der Waals surface area contributed by atoms with Gasteiger partial charge in [-0.2, -0.15) is 0 Å². The van der Waals surface area contributed by atoms with Crippen molar-refractivity contribution in [3.63, 3.8) is 0 Å². The second-order valence-electron chi connectivity index (χ2n) is 7.87. The molecule has 2 aliphatic rings. The molecule has 28 heavy (non-hydrogen) atoms. The molecule has 0 radical (unpaired) electrons. The summed E-state index contributed by atoms with van der Waals surface area (Å²) in [6.45, 7) is 11.1. The number of likely N-dealkylation sites (tertiary alicyclic amines) is 1. The fourth-order valence-electron chi connectivity index (χ4n) is 4.25. The summed E-state index contributed by atoms with van der Waals surface area (Å²) in [5.41, 5.74) is 1.26. The maximum absolute atomic E-state index is 5.48. The van der Waals surface area contributed by atoms with Crippen LogP contribution in [0.2, 0.25) is 0 Å². The van der Waals surface area contributed by atoms with Crippen LogP contribution in [0.25, 0.3) is 10.8 Å². The summed E-state index contributed by atoms with van der Waals surface area (Å²) >= 11 is 0. The first-order valence-electron chi connectivity index (χ1n) is 10.6. The van der Waals surface area contributed by atoms with Gasteiger partial charge in [0.2, 0.25) is 0 Å². The van der Waals surface area contributed by atoms with Gasteiger partial charge in [-0.3, -0.25) is 4.90 Å². The smallest absolute Gasteiger partial charge is 0.194 e. The van der Waals surface area contributed by atoms with Gasteiger partial charge in [-0.05, 0) is 41.7 Å². The fourth-order valence-corrected chi connectivity index (χ4v) is 4.25. The highest BCUT2D eigenvalue weighted by atomic mass is 16.5. The molecule has 2 heterocycles. The van der Waals surface area contributed by atoms with E-state index in [1.807, 2.05) is 0 Å². The molecular weight excluding hydrogens is 348 g/mol. The molecule has 2 saturated heterocycles. The molecule has 2 aliphatic heterocycles. The van der Waals surface area contributed by atoms with E-state index >= 15 is 0 Å². The molecule has 0 bridgehead atoms. The van der Waals surface area contributed by atoms with Crippen molar-refractivity contribution in [2.75, 3.05) is 52.5 Å². The van der Waals surface area contributed by atoms with Crippen LogP contribution in [0.5, 0.6) is 0 Å². The maximum atomic E-state index is 5.48. The predicted molar refractivity (Wildman–Crippen MR) is 116 cm³/mol. The van der Waals surface area contributed by atoms with Crippen molar-refractivity contribution in [2.45, 2.75) is 19.9 Å². The molecule has 0 aromatic heterocycles. The van der Waals surface area contributed by atoms with Gasteiger partial charge in [-0.15, -0.1) is 0 Å². The first-order chi connectivity index (χ1) is 13.8. The Morgan fingerprint density at radius 3 is 2.75 bits per heavy atom. The lowest BCUT2D eigenvalue weighted by atomic mass is 10.1. The number of aliphatic imine (C=N–C) groups is 1. The van der Waals surface area contributed by atoms with Crippen molar-refractivity contribution in [3.05, 3.63) is 48.0 Å². The molecule has 2 aromatic rings. The molecule has 5 nitrogen and oxygen atoms in total. The molecule has 1 atom stereocenters. The number of morpholine rings is 1. The van der Waals surface area contributed by atoms with E-state index in [-0.39, 0.29) is 0 Å². The molecule has 0 aliphatic carbocycles. The highest BCUT2D eigenvalue weighted by Crippen LogP contribution is 2.19. The van der Waals surface area contributed by atoms with Gasteiger partial charge in [0.1, 0.15) is 0 Å². The molecule has 150 valence electrons. The van der Waals surface area contributed by atoms with Crippen molar-refractivity contribution >= 4 is 16.7 Å². The number of rotatable bonds is 5. The van der Waals surface area contributed by atoms with Gasteiger partial charge >= 0.3 is 0 Å². The number of fused-ring (bicyclic) bond motifs is 1. The van der Waals surface area contributed by atoms with Gasteiger partial charge in [0.25, 0.3) is 0 Å². The van der Waals surface area contributed by atoms with Crippen LogP contribution in [0.1, 0.15) is 18.9 Å². The van der Waals surface area contributed by atoms with E-state index in [4.69, 9.17) is 9.73 Å². The van der Waals surface area contributed by atoms with E-state index in [0.717, 1.165) is 64.4 Å². The maximum Gasteiger partial charge on any atom is 0.194 e. The zero-order valence-corrected chi connectivity index (χ0v) is 16.9. The van der Waals surface area contributed by atoms with Crippen LogP contribution < -0.4 is 5.32 Å². The summed E-state index contributed by atoms with van der Waals surface area (Å²) < 4.78 is 5.48. The Balaban J connectivity index is 1.38. The predicted octanol–water partition coefficient (Wildman–Crippen LogP) is 2.96. The molecule has 5 heteroatoms. The summed E-state index contributed by atoms with van der Waals surface area (Å²) in [7, 11) is 0. The van der Waals surface area contributed by atoms with E-state index in [1.54, 1.807) is 0 Å². The van der Waals surface area contributed by atoms with Crippen LogP contribution in [-0.4, -0.2) is 68.2 Å². The molecule has 1 unspecified atom stereocenters. The van der Waals surface area contributed by atoms with Gasteiger partial charge in [0.15, 0.2) is 5.96 Å². The number of benzene rings is 2. The molecule has 4 rings (SSSR count). The van der Waals surface area contributed by atoms with Crippen molar-refractivity contribution in [2.24, 2.45) is 10.9 Å². The Labute approximate surface area is 168 Å². The summed E-state index contributed by atoms with van der Waals surface area (Å²) in [6.07, 6.45) is 1.25. The second kappa shape index (κ2) is 9.39. The van der Waals surface area contributed by atoms with Crippen molar-refractivity contribution in [1.29, 1.82) is 0 Å². The number of ether oxygens (including phenoxy) is 1. The van der Waals surface area contributed by atoms with E-state index in [9.17, 15) is 0 Å². The van der Waals surface area contributed by atoms with Gasteiger partial charge < -0.3 is 15.0 Å². The van der Waals surface area contributed by atoms with Crippen molar-refractivity contribution < 1.29 is 4.74 Å². The first kappa shape index (κ1) is 19.2. The number of guanidine groups is 1. The molecule has 0 spiro atoms. The summed E-state index contributed by atoms with van der Waals surface area (Å²) in [6, 6.07) is 15.2. The molecule has 1 N–H and O–H groups in total. The Kier molecular flexibility index (Phi) is 6.45. The third-order valence-corrected chi connectivity index (χ3v) is 5.77. The zero-order valence-electron chi connectivity index (χ0n) is 16.9. The minimum absolute atomic E-state index is 0.720. The fraction of sp³-hybridized carbons (Fsp3) is 0.522. The van der Waals surface area contributed by atoms with Gasteiger partial charge in [0.05, 0.1) is 19.8 Å². The number of nitrogens with one attached hydrogen (secondary N) is 1. The third-order valence-electron chi connectivity index (χ3n) is 5.77. The van der Waals surface area contributed by atoms with Crippen LogP contribution in [0.15, 0.2) is 47.5 Å². The average molecular weight is 381 g/mol. The third kappa shape index (κ3) is 4.83. The van der Waals surface area contributed by atoms with Crippen molar-refractivity contribution in [1.82, 2.24) is 15.1 Å². The quantitative estimate of drug-likeness (QED) is 0.640. The molecular formula is C23H32N4O. The minimum Gasteiger partial charge on any atom is -0.379 e. The lowest BCUT2D eigenvalue weighted by Gasteiger charge is -2.29. The lowest BCUT2D eigenvalue weighted by Crippen LogP contribution is -2.42. The second-order valence-corrected chi connectivity index (χ2v) is 7.87. The van der Waals surface area contributed by atoms with Gasteiger partial charge in [-0.25, -0.2) is 4.99 Å². The Bertz CT molecular complexity index is 800. The zero-order chi connectivity index (χ0) is 19.2. The van der Waals surface area contributed by atoms with Crippen LogP contribution in [0, 0.1) is 5.92 Å². The van der Waals surface area contributed by atoms with E-state index < -0.39 is 0 Å². The first-order valence-corrected chi connectivity index (χ1v) is 10.6. The van der Waals surface area contributed by atoms with Gasteiger partial charge in [-0.1, -0.05) is 36.4 Å². The topological polar surface area (TPSA) is 40.1 Å². The van der Waals surface area contributed by atoms with E-state index in [2.05, 4.69) is 64.5 Å². The minimum atomic E-state index is 0.720. The Hall–Kier alpha value is -2.11. The lowest BCUT2D eigenvalue weighted by molar-refractivity contribution is 0.0315. The molecule has 0 amide bonds. The largest absolute Gasteiger partial charge is 0.379 e.